The van der Waals surface area contributed by atoms with Crippen LogP contribution >= 0.6 is 11.6 Å². The number of alkyl halides is 1. The van der Waals surface area contributed by atoms with Gasteiger partial charge in [-0.25, -0.2) is 4.98 Å². The van der Waals surface area contributed by atoms with Crippen LogP contribution in [0.1, 0.15) is 32.5 Å². The molecule has 0 atom stereocenters. The number of rotatable bonds is 8. The van der Waals surface area contributed by atoms with Gasteiger partial charge in [0, 0.05) is 20.3 Å². The van der Waals surface area contributed by atoms with Gasteiger partial charge >= 0.3 is 0 Å². The van der Waals surface area contributed by atoms with E-state index >= 15 is 0 Å². The van der Waals surface area contributed by atoms with Crippen LogP contribution in [0.5, 0.6) is 5.75 Å². The van der Waals surface area contributed by atoms with Crippen molar-refractivity contribution in [2.45, 2.75) is 45.2 Å². The maximum absolute atomic E-state index is 6.05. The molecule has 21 heavy (non-hydrogen) atoms. The highest BCUT2D eigenvalue weighted by atomic mass is 35.5. The van der Waals surface area contributed by atoms with Gasteiger partial charge in [-0.15, -0.1) is 11.6 Å². The molecule has 0 radical (unpaired) electrons. The molecule has 2 rings (SSSR count). The van der Waals surface area contributed by atoms with E-state index in [0.29, 0.717) is 5.88 Å². The first-order valence-electron chi connectivity index (χ1n) is 7.37. The van der Waals surface area contributed by atoms with Crippen molar-refractivity contribution >= 4 is 22.6 Å². The quantitative estimate of drug-likeness (QED) is 0.546. The summed E-state index contributed by atoms with van der Waals surface area (Å²) in [6.45, 7) is 5.71. The van der Waals surface area contributed by atoms with Crippen LogP contribution in [0.4, 0.5) is 0 Å². The van der Waals surface area contributed by atoms with E-state index < -0.39 is 0 Å². The van der Waals surface area contributed by atoms with Crippen LogP contribution in [0.15, 0.2) is 18.2 Å². The number of para-hydroxylation sites is 1. The minimum absolute atomic E-state index is 0.127. The Hall–Kier alpha value is -1.26. The summed E-state index contributed by atoms with van der Waals surface area (Å²) < 4.78 is 13.1. The Bertz CT molecular complexity index is 581. The molecular formula is C16H23ClN2O2. The average Bonchev–Trinajstić information content (AvgIpc) is 2.82. The topological polar surface area (TPSA) is 36.3 Å². The lowest BCUT2D eigenvalue weighted by Crippen LogP contribution is -2.06. The highest BCUT2D eigenvalue weighted by Gasteiger charge is 2.14. The van der Waals surface area contributed by atoms with Crippen LogP contribution in [-0.2, 0) is 17.2 Å². The molecule has 0 spiro atoms. The highest BCUT2D eigenvalue weighted by Crippen LogP contribution is 2.27. The first-order valence-corrected chi connectivity index (χ1v) is 7.90. The van der Waals surface area contributed by atoms with Crippen molar-refractivity contribution in [3.05, 3.63) is 24.0 Å². The zero-order valence-electron chi connectivity index (χ0n) is 12.9. The van der Waals surface area contributed by atoms with Crippen LogP contribution in [-0.4, -0.2) is 29.4 Å². The Kier molecular flexibility index (Phi) is 5.88. The number of ether oxygens (including phenoxy) is 2. The molecule has 0 fully saturated rings. The van der Waals surface area contributed by atoms with Gasteiger partial charge in [0.05, 0.1) is 17.5 Å². The number of aromatic nitrogens is 2. The van der Waals surface area contributed by atoms with Crippen molar-refractivity contribution in [3.63, 3.8) is 0 Å². The van der Waals surface area contributed by atoms with Gasteiger partial charge in [-0.1, -0.05) is 6.07 Å². The van der Waals surface area contributed by atoms with Crippen molar-refractivity contribution in [2.24, 2.45) is 0 Å². The molecule has 0 unspecified atom stereocenters. The van der Waals surface area contributed by atoms with Gasteiger partial charge in [-0.05, 0) is 38.8 Å². The number of hydrogen-bond acceptors (Lipinski definition) is 3. The van der Waals surface area contributed by atoms with E-state index in [1.165, 1.54) is 0 Å². The van der Waals surface area contributed by atoms with Gasteiger partial charge in [-0.3, -0.25) is 0 Å². The third-order valence-electron chi connectivity index (χ3n) is 3.28. The van der Waals surface area contributed by atoms with Crippen LogP contribution < -0.4 is 4.74 Å². The molecule has 0 aliphatic rings. The van der Waals surface area contributed by atoms with Crippen molar-refractivity contribution < 1.29 is 9.47 Å². The number of nitrogens with zero attached hydrogens (tertiary/aromatic N) is 2. The fraction of sp³-hybridized carbons (Fsp3) is 0.562. The molecule has 0 N–H and O–H groups in total. The summed E-state index contributed by atoms with van der Waals surface area (Å²) in [7, 11) is 1.73. The van der Waals surface area contributed by atoms with Gasteiger partial charge in [0.1, 0.15) is 17.1 Å². The van der Waals surface area contributed by atoms with Gasteiger partial charge in [0.15, 0.2) is 0 Å². The monoisotopic (exact) mass is 310 g/mol. The molecule has 2 aromatic rings. The number of fused-ring (bicyclic) bond motifs is 1. The first kappa shape index (κ1) is 16.1. The van der Waals surface area contributed by atoms with Crippen molar-refractivity contribution in [3.8, 4) is 5.75 Å². The van der Waals surface area contributed by atoms with Crippen LogP contribution in [0.2, 0.25) is 0 Å². The number of imidazole rings is 1. The van der Waals surface area contributed by atoms with Crippen LogP contribution in [0.25, 0.3) is 11.0 Å². The molecule has 116 valence electrons. The number of aryl methyl sites for hydroxylation is 1. The second-order valence-electron chi connectivity index (χ2n) is 5.30. The molecular weight excluding hydrogens is 288 g/mol. The van der Waals surface area contributed by atoms with E-state index in [-0.39, 0.29) is 6.10 Å². The number of benzene rings is 1. The number of unbranched alkanes of at least 4 members (excludes halogenated alkanes) is 1. The number of hydrogen-bond donors (Lipinski definition) is 0. The summed E-state index contributed by atoms with van der Waals surface area (Å²) in [5.41, 5.74) is 1.98. The Morgan fingerprint density at radius 1 is 1.29 bits per heavy atom. The van der Waals surface area contributed by atoms with Gasteiger partial charge in [-0.2, -0.15) is 0 Å². The maximum atomic E-state index is 6.05. The van der Waals surface area contributed by atoms with E-state index in [2.05, 4.69) is 15.6 Å². The van der Waals surface area contributed by atoms with E-state index in [9.17, 15) is 0 Å². The zero-order chi connectivity index (χ0) is 15.2. The Labute approximate surface area is 131 Å². The second-order valence-corrected chi connectivity index (χ2v) is 5.57. The molecule has 0 aliphatic heterocycles. The molecule has 0 saturated heterocycles. The maximum Gasteiger partial charge on any atom is 0.147 e. The molecule has 4 nitrogen and oxygen atoms in total. The smallest absolute Gasteiger partial charge is 0.147 e. The lowest BCUT2D eigenvalue weighted by atomic mass is 10.2. The highest BCUT2D eigenvalue weighted by molar-refractivity contribution is 6.16. The normalized spacial score (nSPS) is 11.5. The molecule has 1 aromatic heterocycles. The summed E-state index contributed by atoms with van der Waals surface area (Å²) in [5, 5.41) is 0. The Balaban J connectivity index is 2.30. The van der Waals surface area contributed by atoms with E-state index in [1.54, 1.807) is 7.11 Å². The van der Waals surface area contributed by atoms with E-state index in [0.717, 1.165) is 48.6 Å². The van der Waals surface area contributed by atoms with Gasteiger partial charge < -0.3 is 14.0 Å². The third kappa shape index (κ3) is 3.89. The fourth-order valence-electron chi connectivity index (χ4n) is 2.39. The summed E-state index contributed by atoms with van der Waals surface area (Å²) in [6, 6.07) is 6.04. The molecule has 1 heterocycles. The van der Waals surface area contributed by atoms with Crippen LogP contribution in [0.3, 0.4) is 0 Å². The lowest BCUT2D eigenvalue weighted by molar-refractivity contribution is 0.191. The Morgan fingerprint density at radius 3 is 2.76 bits per heavy atom. The van der Waals surface area contributed by atoms with Gasteiger partial charge in [0.2, 0.25) is 0 Å². The van der Waals surface area contributed by atoms with E-state index in [1.807, 2.05) is 26.0 Å². The van der Waals surface area contributed by atoms with Gasteiger partial charge in [0.25, 0.3) is 0 Å². The molecule has 0 saturated carbocycles. The predicted molar refractivity (Wildman–Crippen MR) is 86.2 cm³/mol. The SMILES string of the molecule is COCCCCn1c(CCl)nc2c(OC(C)C)cccc21. The van der Waals surface area contributed by atoms with E-state index in [4.69, 9.17) is 21.1 Å². The van der Waals surface area contributed by atoms with Crippen molar-refractivity contribution in [1.29, 1.82) is 0 Å². The molecule has 0 amide bonds. The lowest BCUT2D eigenvalue weighted by Gasteiger charge is -2.10. The largest absolute Gasteiger partial charge is 0.489 e. The fourth-order valence-corrected chi connectivity index (χ4v) is 2.59. The summed E-state index contributed by atoms with van der Waals surface area (Å²) >= 11 is 6.05. The second kappa shape index (κ2) is 7.66. The Morgan fingerprint density at radius 2 is 2.10 bits per heavy atom. The number of methoxy groups -OCH3 is 1. The minimum atomic E-state index is 0.127. The zero-order valence-corrected chi connectivity index (χ0v) is 13.7. The average molecular weight is 311 g/mol. The molecule has 1 aromatic carbocycles. The van der Waals surface area contributed by atoms with Crippen LogP contribution in [0, 0.1) is 0 Å². The van der Waals surface area contributed by atoms with Crippen molar-refractivity contribution in [2.75, 3.05) is 13.7 Å². The predicted octanol–water partition coefficient (Wildman–Crippen LogP) is 3.99. The summed E-state index contributed by atoms with van der Waals surface area (Å²) in [4.78, 5) is 4.66. The summed E-state index contributed by atoms with van der Waals surface area (Å²) in [5.74, 6) is 2.12. The molecule has 5 heteroatoms. The molecule has 0 aliphatic carbocycles. The standard InChI is InChI=1S/C16H23ClN2O2/c1-12(2)21-14-8-6-7-13-16(14)18-15(11-17)19(13)9-4-5-10-20-3/h6-8,12H,4-5,9-11H2,1-3H3. The number of halogens is 1. The molecule has 0 bridgehead atoms. The third-order valence-corrected chi connectivity index (χ3v) is 3.52. The minimum Gasteiger partial charge on any atom is -0.489 e. The first-order chi connectivity index (χ1) is 10.2. The van der Waals surface area contributed by atoms with Crippen molar-refractivity contribution in [1.82, 2.24) is 9.55 Å². The summed E-state index contributed by atoms with van der Waals surface area (Å²) in [6.07, 6.45) is 2.19.